The molecule has 1 N–H and O–H groups in total. The summed E-state index contributed by atoms with van der Waals surface area (Å²) in [6, 6.07) is 4.31. The third-order valence-electron chi connectivity index (χ3n) is 5.90. The van der Waals surface area contributed by atoms with Gasteiger partial charge in [-0.15, -0.1) is 0 Å². The Bertz CT molecular complexity index is 873. The molecule has 2 aromatic rings. The number of aromatic nitrogens is 2. The molecule has 6 rings (SSSR count). The van der Waals surface area contributed by atoms with Crippen LogP contribution in [0.2, 0.25) is 0 Å². The maximum absolute atomic E-state index is 6.29. The number of amidine groups is 1. The van der Waals surface area contributed by atoms with Crippen molar-refractivity contribution in [2.75, 3.05) is 45.7 Å². The largest absolute Gasteiger partial charge is 0.481 e. The first-order valence-electron chi connectivity index (χ1n) is 8.88. The van der Waals surface area contributed by atoms with E-state index < -0.39 is 0 Å². The maximum Gasteiger partial charge on any atom is 0.305 e. The number of nitrogens with one attached hydrogen (secondary N) is 1. The Morgan fingerprint density at radius 3 is 2.85 bits per heavy atom. The number of piperidine rings is 3. The van der Waals surface area contributed by atoms with Gasteiger partial charge in [-0.3, -0.25) is 5.32 Å². The van der Waals surface area contributed by atoms with E-state index in [1.165, 1.54) is 0 Å². The Balaban J connectivity index is 1.34. The number of nitrogens with zero attached hydrogens (tertiary/aromatic N) is 4. The number of methoxy groups -OCH3 is 1. The lowest BCUT2D eigenvalue weighted by Gasteiger charge is -2.53. The minimum atomic E-state index is -0.289. The molecule has 0 aromatic carbocycles. The standard InChI is InChI=1S/C17H22N5O4/c1-23-13-4-3-12-14(20-13)25-16(19-12)21-15-18-9-17(26-15)10-22(24-2)7-5-11(17)6-8-22/h3-4,11H,5-10H2,1-2H3,(H,18,19,21)/q+1. The van der Waals surface area contributed by atoms with Crippen molar-refractivity contribution < 1.29 is 23.4 Å². The molecule has 9 nitrogen and oxygen atoms in total. The second kappa shape index (κ2) is 5.55. The highest BCUT2D eigenvalue weighted by atomic mass is 16.7. The zero-order chi connectivity index (χ0) is 17.8. The summed E-state index contributed by atoms with van der Waals surface area (Å²) in [5.74, 6) is 0.990. The van der Waals surface area contributed by atoms with Gasteiger partial charge in [0.2, 0.25) is 5.88 Å². The van der Waals surface area contributed by atoms with Crippen LogP contribution < -0.4 is 10.1 Å². The molecular weight excluding hydrogens is 338 g/mol. The summed E-state index contributed by atoms with van der Waals surface area (Å²) < 4.78 is 17.7. The van der Waals surface area contributed by atoms with E-state index in [2.05, 4.69) is 20.3 Å². The van der Waals surface area contributed by atoms with Crippen LogP contribution in [0.1, 0.15) is 12.8 Å². The summed E-state index contributed by atoms with van der Waals surface area (Å²) in [5.41, 5.74) is 0.766. The molecular formula is C17H22N5O4+. The van der Waals surface area contributed by atoms with Crippen LogP contribution in [0.25, 0.3) is 11.2 Å². The van der Waals surface area contributed by atoms with Crippen molar-refractivity contribution in [3.05, 3.63) is 12.1 Å². The van der Waals surface area contributed by atoms with Gasteiger partial charge in [-0.05, 0) is 6.07 Å². The van der Waals surface area contributed by atoms with Crippen molar-refractivity contribution in [1.82, 2.24) is 9.97 Å². The van der Waals surface area contributed by atoms with E-state index >= 15 is 0 Å². The third-order valence-corrected chi connectivity index (χ3v) is 5.90. The molecule has 3 fully saturated rings. The Hall–Kier alpha value is -2.39. The average Bonchev–Trinajstić information content (AvgIpc) is 3.25. The molecule has 0 aliphatic carbocycles. The Labute approximate surface area is 150 Å². The van der Waals surface area contributed by atoms with Gasteiger partial charge < -0.3 is 13.9 Å². The second-order valence-electron chi connectivity index (χ2n) is 7.23. The zero-order valence-corrected chi connectivity index (χ0v) is 14.9. The molecule has 6 heterocycles. The fourth-order valence-corrected chi connectivity index (χ4v) is 4.47. The summed E-state index contributed by atoms with van der Waals surface area (Å²) in [5, 5.41) is 3.05. The minimum absolute atomic E-state index is 0.289. The lowest BCUT2D eigenvalue weighted by molar-refractivity contribution is -1.12. The van der Waals surface area contributed by atoms with Crippen LogP contribution in [0, 0.1) is 5.92 Å². The highest BCUT2D eigenvalue weighted by molar-refractivity contribution is 5.89. The average molecular weight is 360 g/mol. The number of quaternary nitrogens is 1. The molecule has 4 aliphatic rings. The SMILES string of the molecule is COc1ccc2nc(NC3=NCC4(C[N+]5(OC)CCC4CC5)O3)oc2n1. The molecule has 9 heteroatoms. The number of fused-ring (bicyclic) bond motifs is 3. The van der Waals surface area contributed by atoms with E-state index in [-0.39, 0.29) is 5.60 Å². The van der Waals surface area contributed by atoms with Crippen LogP contribution in [0.15, 0.2) is 21.5 Å². The quantitative estimate of drug-likeness (QED) is 0.831. The first-order valence-corrected chi connectivity index (χ1v) is 8.88. The minimum Gasteiger partial charge on any atom is -0.481 e. The normalized spacial score (nSPS) is 32.7. The molecule has 1 spiro atoms. The molecule has 1 unspecified atom stereocenters. The Kier molecular flexibility index (Phi) is 3.38. The van der Waals surface area contributed by atoms with Crippen LogP contribution in [0.4, 0.5) is 6.01 Å². The number of rotatable bonds is 3. The number of pyridine rings is 1. The van der Waals surface area contributed by atoms with Gasteiger partial charge in [0, 0.05) is 24.8 Å². The summed E-state index contributed by atoms with van der Waals surface area (Å²) in [6.07, 6.45) is 2.20. The number of oxazole rings is 1. The molecule has 4 aliphatic heterocycles. The fraction of sp³-hybridized carbons (Fsp3) is 0.588. The molecule has 3 saturated heterocycles. The van der Waals surface area contributed by atoms with E-state index in [4.69, 9.17) is 18.7 Å². The first-order chi connectivity index (χ1) is 12.6. The molecule has 138 valence electrons. The predicted octanol–water partition coefficient (Wildman–Crippen LogP) is 1.57. The van der Waals surface area contributed by atoms with Crippen LogP contribution in [0.5, 0.6) is 5.88 Å². The van der Waals surface area contributed by atoms with Crippen molar-refractivity contribution in [3.8, 4) is 5.88 Å². The van der Waals surface area contributed by atoms with E-state index in [1.54, 1.807) is 26.4 Å². The number of aliphatic imine (C=N–C) groups is 1. The van der Waals surface area contributed by atoms with Crippen molar-refractivity contribution in [2.45, 2.75) is 18.4 Å². The van der Waals surface area contributed by atoms with Crippen LogP contribution in [-0.4, -0.2) is 66.6 Å². The van der Waals surface area contributed by atoms with Crippen molar-refractivity contribution in [3.63, 3.8) is 0 Å². The van der Waals surface area contributed by atoms with Crippen LogP contribution in [-0.2, 0) is 9.57 Å². The first kappa shape index (κ1) is 15.8. The molecule has 1 atom stereocenters. The van der Waals surface area contributed by atoms with Gasteiger partial charge in [0.15, 0.2) is 12.1 Å². The van der Waals surface area contributed by atoms with Gasteiger partial charge in [-0.2, -0.15) is 14.6 Å². The summed E-state index contributed by atoms with van der Waals surface area (Å²) in [4.78, 5) is 19.0. The maximum atomic E-state index is 6.29. The van der Waals surface area contributed by atoms with E-state index in [1.807, 2.05) is 0 Å². The number of hydroxylamine groups is 3. The topological polar surface area (TPSA) is 91.0 Å². The summed E-state index contributed by atoms with van der Waals surface area (Å²) in [7, 11) is 3.35. The summed E-state index contributed by atoms with van der Waals surface area (Å²) in [6.45, 7) is 3.56. The molecule has 0 saturated carbocycles. The van der Waals surface area contributed by atoms with E-state index in [0.29, 0.717) is 46.3 Å². The lowest BCUT2D eigenvalue weighted by atomic mass is 9.75. The number of anilines is 1. The zero-order valence-electron chi connectivity index (χ0n) is 14.9. The van der Waals surface area contributed by atoms with E-state index in [9.17, 15) is 0 Å². The molecule has 2 bridgehead atoms. The highest BCUT2D eigenvalue weighted by Crippen LogP contribution is 2.44. The Morgan fingerprint density at radius 2 is 2.08 bits per heavy atom. The summed E-state index contributed by atoms with van der Waals surface area (Å²) >= 11 is 0. The van der Waals surface area contributed by atoms with Crippen molar-refractivity contribution in [1.29, 1.82) is 0 Å². The van der Waals surface area contributed by atoms with Crippen molar-refractivity contribution in [2.24, 2.45) is 10.9 Å². The van der Waals surface area contributed by atoms with Gasteiger partial charge in [-0.1, -0.05) is 0 Å². The van der Waals surface area contributed by atoms with Crippen molar-refractivity contribution >= 4 is 23.3 Å². The Morgan fingerprint density at radius 1 is 1.23 bits per heavy atom. The van der Waals surface area contributed by atoms with Gasteiger partial charge in [0.05, 0.1) is 20.8 Å². The third kappa shape index (κ3) is 2.34. The number of ether oxygens (including phenoxy) is 2. The number of hydrogen-bond donors (Lipinski definition) is 1. The van der Waals surface area contributed by atoms with Gasteiger partial charge in [-0.25, -0.2) is 9.83 Å². The smallest absolute Gasteiger partial charge is 0.305 e. The molecule has 0 amide bonds. The van der Waals surface area contributed by atoms with Gasteiger partial charge >= 0.3 is 6.01 Å². The van der Waals surface area contributed by atoms with E-state index in [0.717, 1.165) is 32.5 Å². The monoisotopic (exact) mass is 360 g/mol. The van der Waals surface area contributed by atoms with Crippen LogP contribution in [0.3, 0.4) is 0 Å². The number of hydrogen-bond acceptors (Lipinski definition) is 8. The second-order valence-corrected chi connectivity index (χ2v) is 7.23. The van der Waals surface area contributed by atoms with Crippen LogP contribution >= 0.6 is 0 Å². The fourth-order valence-electron chi connectivity index (χ4n) is 4.47. The van der Waals surface area contributed by atoms with Gasteiger partial charge in [0.1, 0.15) is 18.6 Å². The molecule has 2 aromatic heterocycles. The van der Waals surface area contributed by atoms with Gasteiger partial charge in [0.25, 0.3) is 11.7 Å². The lowest BCUT2D eigenvalue weighted by Crippen LogP contribution is -2.69. The molecule has 26 heavy (non-hydrogen) atoms. The predicted molar refractivity (Wildman–Crippen MR) is 92.7 cm³/mol. The highest BCUT2D eigenvalue weighted by Gasteiger charge is 2.60. The molecule has 0 radical (unpaired) electrons.